The minimum absolute atomic E-state index is 0.0124. The van der Waals surface area contributed by atoms with Gasteiger partial charge in [-0.3, -0.25) is 0 Å². The van der Waals surface area contributed by atoms with E-state index in [1.54, 1.807) is 36.4 Å². The molecule has 0 spiro atoms. The Balaban J connectivity index is 2.63. The van der Waals surface area contributed by atoms with Gasteiger partial charge in [0.2, 0.25) is 0 Å². The normalized spacial score (nSPS) is 11.4. The molecule has 4 heteroatoms. The summed E-state index contributed by atoms with van der Waals surface area (Å²) in [6.45, 7) is 1.54. The molecule has 17 heavy (non-hydrogen) atoms. The molecule has 0 aliphatic rings. The van der Waals surface area contributed by atoms with Gasteiger partial charge in [0.25, 0.3) is 0 Å². The maximum Gasteiger partial charge on any atom is 0.147 e. The van der Waals surface area contributed by atoms with Crippen molar-refractivity contribution in [1.82, 2.24) is 0 Å². The topological polar surface area (TPSA) is 57.5 Å². The lowest BCUT2D eigenvalue weighted by Crippen LogP contribution is -2.15. The van der Waals surface area contributed by atoms with Crippen LogP contribution in [0.4, 0.5) is 0 Å². The van der Waals surface area contributed by atoms with Crippen LogP contribution in [0.1, 0.15) is 0 Å². The quantitative estimate of drug-likeness (QED) is 0.799. The smallest absolute Gasteiger partial charge is 0.147 e. The Morgan fingerprint density at radius 2 is 1.18 bits per heavy atom. The van der Waals surface area contributed by atoms with E-state index in [0.717, 1.165) is 0 Å². The Kier molecular flexibility index (Phi) is 2.95. The van der Waals surface area contributed by atoms with Crippen molar-refractivity contribution in [2.24, 2.45) is 0 Å². The Labute approximate surface area is 99.7 Å². The summed E-state index contributed by atoms with van der Waals surface area (Å²) >= 11 is 0. The average Bonchev–Trinajstić information content (AvgIpc) is 2.29. The predicted octanol–water partition coefficient (Wildman–Crippen LogP) is 2.04. The van der Waals surface area contributed by atoms with Crippen LogP contribution in [0.3, 0.4) is 0 Å². The Hall–Kier alpha value is -1.73. The zero-order valence-electron chi connectivity index (χ0n) is 9.37. The second-order valence-corrected chi connectivity index (χ2v) is 6.71. The molecule has 0 saturated heterocycles. The van der Waals surface area contributed by atoms with Crippen molar-refractivity contribution in [1.29, 1.82) is 0 Å². The van der Waals surface area contributed by atoms with Crippen LogP contribution in [-0.2, 0) is 4.57 Å². The summed E-state index contributed by atoms with van der Waals surface area (Å²) in [7, 11) is -2.97. The summed E-state index contributed by atoms with van der Waals surface area (Å²) in [4.78, 5) is 0. The van der Waals surface area contributed by atoms with Crippen LogP contribution in [0.25, 0.3) is 0 Å². The highest BCUT2D eigenvalue weighted by Crippen LogP contribution is 2.43. The molecule has 88 valence electrons. The molecule has 0 aliphatic heterocycles. The van der Waals surface area contributed by atoms with Gasteiger partial charge >= 0.3 is 0 Å². The molecular formula is C13H13O3P. The van der Waals surface area contributed by atoms with E-state index < -0.39 is 7.14 Å². The van der Waals surface area contributed by atoms with Gasteiger partial charge in [-0.15, -0.1) is 0 Å². The van der Waals surface area contributed by atoms with Crippen LogP contribution in [0.15, 0.2) is 48.5 Å². The van der Waals surface area contributed by atoms with Crippen molar-refractivity contribution in [2.45, 2.75) is 0 Å². The van der Waals surface area contributed by atoms with Gasteiger partial charge in [0.15, 0.2) is 0 Å². The number of rotatable bonds is 2. The highest BCUT2D eigenvalue weighted by Gasteiger charge is 2.26. The molecule has 0 bridgehead atoms. The molecule has 3 nitrogen and oxygen atoms in total. The molecule has 2 aromatic rings. The number of aromatic hydroxyl groups is 2. The van der Waals surface area contributed by atoms with Crippen molar-refractivity contribution in [3.05, 3.63) is 48.5 Å². The highest BCUT2D eigenvalue weighted by molar-refractivity contribution is 7.78. The van der Waals surface area contributed by atoms with Crippen molar-refractivity contribution in [3.8, 4) is 11.5 Å². The van der Waals surface area contributed by atoms with Crippen LogP contribution in [0.2, 0.25) is 0 Å². The minimum atomic E-state index is -2.97. The van der Waals surface area contributed by atoms with Crippen molar-refractivity contribution in [3.63, 3.8) is 0 Å². The van der Waals surface area contributed by atoms with Crippen molar-refractivity contribution in [2.75, 3.05) is 6.66 Å². The van der Waals surface area contributed by atoms with E-state index in [2.05, 4.69) is 0 Å². The van der Waals surface area contributed by atoms with E-state index in [1.807, 2.05) is 0 Å². The first-order valence-electron chi connectivity index (χ1n) is 5.18. The fraction of sp³-hybridized carbons (Fsp3) is 0.0769. The van der Waals surface area contributed by atoms with Gasteiger partial charge in [-0.2, -0.15) is 0 Å². The molecule has 0 saturated carbocycles. The second kappa shape index (κ2) is 4.27. The van der Waals surface area contributed by atoms with Gasteiger partial charge < -0.3 is 14.8 Å². The largest absolute Gasteiger partial charge is 0.507 e. The molecular weight excluding hydrogens is 235 g/mol. The SMILES string of the molecule is CP(=O)(c1ccccc1O)c1ccccc1O. The molecule has 0 amide bonds. The van der Waals surface area contributed by atoms with E-state index in [1.165, 1.54) is 18.8 Å². The molecule has 0 aliphatic carbocycles. The van der Waals surface area contributed by atoms with Gasteiger partial charge in [-0.1, -0.05) is 24.3 Å². The molecule has 2 aromatic carbocycles. The number of hydrogen-bond acceptors (Lipinski definition) is 3. The number of para-hydroxylation sites is 2. The molecule has 2 rings (SSSR count). The van der Waals surface area contributed by atoms with E-state index in [0.29, 0.717) is 10.6 Å². The molecule has 0 aromatic heterocycles. The first-order valence-corrected chi connectivity index (χ1v) is 7.33. The lowest BCUT2D eigenvalue weighted by molar-refractivity contribution is 0.477. The minimum Gasteiger partial charge on any atom is -0.507 e. The number of phenols is 2. The van der Waals surface area contributed by atoms with E-state index in [-0.39, 0.29) is 11.5 Å². The third-order valence-electron chi connectivity index (χ3n) is 2.68. The zero-order valence-corrected chi connectivity index (χ0v) is 10.3. The van der Waals surface area contributed by atoms with E-state index in [4.69, 9.17) is 0 Å². The fourth-order valence-electron chi connectivity index (χ4n) is 1.78. The Bertz CT molecular complexity index is 543. The van der Waals surface area contributed by atoms with Crippen molar-refractivity contribution >= 4 is 17.8 Å². The monoisotopic (exact) mass is 248 g/mol. The lowest BCUT2D eigenvalue weighted by atomic mass is 10.3. The predicted molar refractivity (Wildman–Crippen MR) is 69.0 cm³/mol. The van der Waals surface area contributed by atoms with Crippen LogP contribution >= 0.6 is 7.14 Å². The van der Waals surface area contributed by atoms with Crippen LogP contribution in [0.5, 0.6) is 11.5 Å². The highest BCUT2D eigenvalue weighted by atomic mass is 31.2. The molecule has 2 N–H and O–H groups in total. The van der Waals surface area contributed by atoms with Crippen molar-refractivity contribution < 1.29 is 14.8 Å². The molecule has 0 radical (unpaired) electrons. The summed E-state index contributed by atoms with van der Waals surface area (Å²) in [5.41, 5.74) is 0. The summed E-state index contributed by atoms with van der Waals surface area (Å²) in [6, 6.07) is 13.0. The summed E-state index contributed by atoms with van der Waals surface area (Å²) in [6.07, 6.45) is 0. The lowest BCUT2D eigenvalue weighted by Gasteiger charge is -2.16. The Morgan fingerprint density at radius 1 is 0.824 bits per heavy atom. The second-order valence-electron chi connectivity index (χ2n) is 3.90. The number of phenolic OH excluding ortho intramolecular Hbond substituents is 2. The third kappa shape index (κ3) is 2.06. The number of benzene rings is 2. The van der Waals surface area contributed by atoms with Gasteiger partial charge in [0, 0.05) is 0 Å². The maximum atomic E-state index is 12.7. The Morgan fingerprint density at radius 3 is 1.53 bits per heavy atom. The van der Waals surface area contributed by atoms with E-state index in [9.17, 15) is 14.8 Å². The first-order chi connectivity index (χ1) is 8.03. The number of hydrogen-bond donors (Lipinski definition) is 2. The maximum absolute atomic E-state index is 12.7. The van der Waals surface area contributed by atoms with Gasteiger partial charge in [0.05, 0.1) is 10.6 Å². The van der Waals surface area contributed by atoms with Gasteiger partial charge in [0.1, 0.15) is 18.6 Å². The average molecular weight is 248 g/mol. The summed E-state index contributed by atoms with van der Waals surface area (Å²) < 4.78 is 12.7. The fourth-order valence-corrected chi connectivity index (χ4v) is 3.80. The summed E-state index contributed by atoms with van der Waals surface area (Å²) in [5.74, 6) is -0.0248. The molecule has 0 atom stereocenters. The third-order valence-corrected chi connectivity index (χ3v) is 5.28. The molecule has 0 unspecified atom stereocenters. The standard InChI is InChI=1S/C13H13O3P/c1-17(16,12-8-4-2-6-10(12)14)13-9-5-3-7-11(13)15/h2-9,14-15H,1H3. The van der Waals surface area contributed by atoms with Crippen LogP contribution in [0, 0.1) is 0 Å². The zero-order chi connectivity index (χ0) is 12.5. The van der Waals surface area contributed by atoms with Gasteiger partial charge in [-0.25, -0.2) is 0 Å². The first kappa shape index (κ1) is 11.7. The summed E-state index contributed by atoms with van der Waals surface area (Å²) in [5, 5.41) is 20.2. The van der Waals surface area contributed by atoms with E-state index >= 15 is 0 Å². The van der Waals surface area contributed by atoms with Crippen LogP contribution < -0.4 is 10.6 Å². The van der Waals surface area contributed by atoms with Gasteiger partial charge in [-0.05, 0) is 30.9 Å². The van der Waals surface area contributed by atoms with Crippen LogP contribution in [-0.4, -0.2) is 16.9 Å². The molecule has 0 heterocycles. The molecule has 0 fully saturated rings.